The molecule has 0 aliphatic rings. The van der Waals surface area contributed by atoms with E-state index in [4.69, 9.17) is 12.2 Å². The SMILES string of the molecule is O=C(NCc1ccccc1)c1c[nH]c(=S)n1-c1ccc(F)cc1. The van der Waals surface area contributed by atoms with E-state index in [0.29, 0.717) is 22.7 Å². The Bertz CT molecular complexity index is 869. The van der Waals surface area contributed by atoms with Crippen LogP contribution < -0.4 is 5.32 Å². The summed E-state index contributed by atoms with van der Waals surface area (Å²) in [5.41, 5.74) is 2.00. The Morgan fingerprint density at radius 3 is 2.52 bits per heavy atom. The monoisotopic (exact) mass is 327 g/mol. The van der Waals surface area contributed by atoms with Crippen LogP contribution in [0.3, 0.4) is 0 Å². The van der Waals surface area contributed by atoms with E-state index in [1.54, 1.807) is 22.9 Å². The summed E-state index contributed by atoms with van der Waals surface area (Å²) >= 11 is 5.22. The van der Waals surface area contributed by atoms with Crippen LogP contribution in [0.25, 0.3) is 5.69 Å². The van der Waals surface area contributed by atoms with Crippen molar-refractivity contribution >= 4 is 18.1 Å². The summed E-state index contributed by atoms with van der Waals surface area (Å²) in [7, 11) is 0. The van der Waals surface area contributed by atoms with Crippen LogP contribution in [0, 0.1) is 10.6 Å². The number of imidazole rings is 1. The number of benzene rings is 2. The van der Waals surface area contributed by atoms with Crippen LogP contribution in [0.4, 0.5) is 4.39 Å². The van der Waals surface area contributed by atoms with Gasteiger partial charge in [-0.1, -0.05) is 30.3 Å². The van der Waals surface area contributed by atoms with E-state index in [0.717, 1.165) is 5.56 Å². The Morgan fingerprint density at radius 2 is 1.83 bits per heavy atom. The number of carbonyl (C=O) groups is 1. The van der Waals surface area contributed by atoms with Gasteiger partial charge in [0.25, 0.3) is 5.91 Å². The molecule has 0 saturated heterocycles. The van der Waals surface area contributed by atoms with Crippen LogP contribution >= 0.6 is 12.2 Å². The Labute approximate surface area is 137 Å². The van der Waals surface area contributed by atoms with E-state index in [1.807, 2.05) is 30.3 Å². The van der Waals surface area contributed by atoms with Crippen molar-refractivity contribution in [3.63, 3.8) is 0 Å². The maximum atomic E-state index is 13.1. The molecule has 6 heteroatoms. The Balaban J connectivity index is 1.84. The van der Waals surface area contributed by atoms with Crippen molar-refractivity contribution in [3.05, 3.63) is 82.6 Å². The third-order valence-corrected chi connectivity index (χ3v) is 3.69. The van der Waals surface area contributed by atoms with Crippen LogP contribution in [0.2, 0.25) is 0 Å². The summed E-state index contributed by atoms with van der Waals surface area (Å²) in [6.07, 6.45) is 1.55. The second-order valence-electron chi connectivity index (χ2n) is 4.96. The summed E-state index contributed by atoms with van der Waals surface area (Å²) < 4.78 is 15.0. The number of aromatic amines is 1. The molecule has 23 heavy (non-hydrogen) atoms. The molecular formula is C17H14FN3OS. The standard InChI is InChI=1S/C17H14FN3OS/c18-13-6-8-14(9-7-13)21-15(11-20-17(21)23)16(22)19-10-12-4-2-1-3-5-12/h1-9,11H,10H2,(H,19,22)(H,20,23). The predicted octanol–water partition coefficient (Wildman–Crippen LogP) is 3.60. The molecule has 1 heterocycles. The van der Waals surface area contributed by atoms with E-state index >= 15 is 0 Å². The van der Waals surface area contributed by atoms with E-state index in [2.05, 4.69) is 10.3 Å². The van der Waals surface area contributed by atoms with Gasteiger partial charge in [0.2, 0.25) is 0 Å². The van der Waals surface area contributed by atoms with Gasteiger partial charge in [0.05, 0.1) is 0 Å². The topological polar surface area (TPSA) is 49.8 Å². The minimum absolute atomic E-state index is 0.259. The van der Waals surface area contributed by atoms with Gasteiger partial charge in [0.1, 0.15) is 11.5 Å². The highest BCUT2D eigenvalue weighted by Gasteiger charge is 2.14. The summed E-state index contributed by atoms with van der Waals surface area (Å²) in [5, 5.41) is 2.85. The van der Waals surface area contributed by atoms with Crippen molar-refractivity contribution in [2.45, 2.75) is 6.54 Å². The Morgan fingerprint density at radius 1 is 1.13 bits per heavy atom. The third-order valence-electron chi connectivity index (χ3n) is 3.39. The average Bonchev–Trinajstić information content (AvgIpc) is 2.96. The largest absolute Gasteiger partial charge is 0.347 e. The molecule has 0 saturated carbocycles. The van der Waals surface area contributed by atoms with E-state index in [-0.39, 0.29) is 11.7 Å². The lowest BCUT2D eigenvalue weighted by molar-refractivity contribution is 0.0944. The summed E-state index contributed by atoms with van der Waals surface area (Å²) in [6.45, 7) is 0.418. The number of carbonyl (C=O) groups excluding carboxylic acids is 1. The highest BCUT2D eigenvalue weighted by atomic mass is 32.1. The van der Waals surface area contributed by atoms with Crippen molar-refractivity contribution in [1.29, 1.82) is 0 Å². The Hall–Kier alpha value is -2.73. The number of halogens is 1. The number of rotatable bonds is 4. The van der Waals surface area contributed by atoms with Gasteiger partial charge in [0, 0.05) is 18.4 Å². The van der Waals surface area contributed by atoms with E-state index in [1.165, 1.54) is 12.1 Å². The molecule has 1 aromatic heterocycles. The molecule has 0 unspecified atom stereocenters. The molecule has 2 N–H and O–H groups in total. The molecule has 0 aliphatic heterocycles. The molecule has 3 aromatic rings. The molecule has 0 aliphatic carbocycles. The van der Waals surface area contributed by atoms with E-state index < -0.39 is 0 Å². The zero-order chi connectivity index (χ0) is 16.2. The second-order valence-corrected chi connectivity index (χ2v) is 5.35. The maximum absolute atomic E-state index is 13.1. The zero-order valence-electron chi connectivity index (χ0n) is 12.1. The van der Waals surface area contributed by atoms with Crippen LogP contribution in [0.15, 0.2) is 60.8 Å². The smallest absolute Gasteiger partial charge is 0.270 e. The average molecular weight is 327 g/mol. The van der Waals surface area contributed by atoms with Gasteiger partial charge in [-0.25, -0.2) is 4.39 Å². The van der Waals surface area contributed by atoms with Crippen molar-refractivity contribution in [2.75, 3.05) is 0 Å². The van der Waals surface area contributed by atoms with Gasteiger partial charge in [-0.2, -0.15) is 0 Å². The molecule has 1 amide bonds. The first-order valence-corrected chi connectivity index (χ1v) is 7.44. The van der Waals surface area contributed by atoms with Crippen LogP contribution in [0.5, 0.6) is 0 Å². The number of H-pyrrole nitrogens is 1. The second kappa shape index (κ2) is 6.58. The van der Waals surface area contributed by atoms with Crippen molar-refractivity contribution in [2.24, 2.45) is 0 Å². The van der Waals surface area contributed by atoms with Gasteiger partial charge >= 0.3 is 0 Å². The first-order valence-electron chi connectivity index (χ1n) is 7.03. The van der Waals surface area contributed by atoms with Crippen LogP contribution in [-0.2, 0) is 6.54 Å². The maximum Gasteiger partial charge on any atom is 0.270 e. The first-order chi connectivity index (χ1) is 11.1. The number of hydrogen-bond acceptors (Lipinski definition) is 2. The van der Waals surface area contributed by atoms with Crippen molar-refractivity contribution in [3.8, 4) is 5.69 Å². The van der Waals surface area contributed by atoms with Gasteiger partial charge in [-0.3, -0.25) is 9.36 Å². The molecule has 0 bridgehead atoms. The fourth-order valence-electron chi connectivity index (χ4n) is 2.25. The lowest BCUT2D eigenvalue weighted by Crippen LogP contribution is -2.25. The molecule has 2 aromatic carbocycles. The lowest BCUT2D eigenvalue weighted by atomic mass is 10.2. The molecule has 0 fully saturated rings. The fraction of sp³-hybridized carbons (Fsp3) is 0.0588. The lowest BCUT2D eigenvalue weighted by Gasteiger charge is -2.09. The van der Waals surface area contributed by atoms with Gasteiger partial charge in [0.15, 0.2) is 4.77 Å². The normalized spacial score (nSPS) is 10.5. The summed E-state index contributed by atoms with van der Waals surface area (Å²) in [6, 6.07) is 15.4. The predicted molar refractivity (Wildman–Crippen MR) is 88.5 cm³/mol. The quantitative estimate of drug-likeness (QED) is 0.719. The Kier molecular flexibility index (Phi) is 4.34. The van der Waals surface area contributed by atoms with Gasteiger partial charge in [-0.15, -0.1) is 0 Å². The number of amides is 1. The van der Waals surface area contributed by atoms with Crippen LogP contribution in [0.1, 0.15) is 16.1 Å². The highest BCUT2D eigenvalue weighted by Crippen LogP contribution is 2.14. The molecule has 0 atom stereocenters. The van der Waals surface area contributed by atoms with Crippen LogP contribution in [-0.4, -0.2) is 15.5 Å². The van der Waals surface area contributed by atoms with Gasteiger partial charge < -0.3 is 10.3 Å². The summed E-state index contributed by atoms with van der Waals surface area (Å²) in [5.74, 6) is -0.601. The van der Waals surface area contributed by atoms with Gasteiger partial charge in [-0.05, 0) is 42.0 Å². The number of aromatic nitrogens is 2. The number of nitrogens with zero attached hydrogens (tertiary/aromatic N) is 1. The minimum Gasteiger partial charge on any atom is -0.347 e. The van der Waals surface area contributed by atoms with E-state index in [9.17, 15) is 9.18 Å². The molecule has 3 rings (SSSR count). The first kappa shape index (κ1) is 15.2. The van der Waals surface area contributed by atoms with Crippen molar-refractivity contribution < 1.29 is 9.18 Å². The molecule has 4 nitrogen and oxygen atoms in total. The summed E-state index contributed by atoms with van der Waals surface area (Å²) in [4.78, 5) is 15.3. The molecule has 0 spiro atoms. The highest BCUT2D eigenvalue weighted by molar-refractivity contribution is 7.71. The molecule has 116 valence electrons. The van der Waals surface area contributed by atoms with Crippen molar-refractivity contribution in [1.82, 2.24) is 14.9 Å². The third kappa shape index (κ3) is 3.37. The number of hydrogen-bond donors (Lipinski definition) is 2. The molecular weight excluding hydrogens is 313 g/mol. The minimum atomic E-state index is -0.342. The fourth-order valence-corrected chi connectivity index (χ4v) is 2.51. The zero-order valence-corrected chi connectivity index (χ0v) is 12.9. The molecule has 0 radical (unpaired) electrons. The number of nitrogens with one attached hydrogen (secondary N) is 2.